The quantitative estimate of drug-likeness (QED) is 0.867. The Bertz CT molecular complexity index is 403. The molecule has 0 bridgehead atoms. The van der Waals surface area contributed by atoms with Crippen LogP contribution in [0.2, 0.25) is 0 Å². The summed E-state index contributed by atoms with van der Waals surface area (Å²) in [6.07, 6.45) is 8.35. The third kappa shape index (κ3) is 3.79. The Morgan fingerprint density at radius 3 is 2.18 bits per heavy atom. The van der Waals surface area contributed by atoms with Crippen molar-refractivity contribution in [2.45, 2.75) is 57.4 Å². The summed E-state index contributed by atoms with van der Waals surface area (Å²) in [6.45, 7) is 1.78. The summed E-state index contributed by atoms with van der Waals surface area (Å²) in [5.74, 6) is 2.53. The number of amides is 2. The van der Waals surface area contributed by atoms with E-state index < -0.39 is 0 Å². The zero-order valence-electron chi connectivity index (χ0n) is 13.4. The average Bonchev–Trinajstić information content (AvgIpc) is 3.09. The van der Waals surface area contributed by atoms with Crippen LogP contribution in [0.5, 0.6) is 0 Å². The van der Waals surface area contributed by atoms with Crippen LogP contribution in [0.3, 0.4) is 0 Å². The molecule has 2 amide bonds. The summed E-state index contributed by atoms with van der Waals surface area (Å²) in [6, 6.07) is 0.332. The molecule has 0 aromatic rings. The minimum atomic E-state index is -0.0866. The second kappa shape index (κ2) is 7.71. The highest BCUT2D eigenvalue weighted by molar-refractivity contribution is 7.99. The first-order chi connectivity index (χ1) is 10.8. The molecular formula is C17H28N2O2S. The Labute approximate surface area is 137 Å². The van der Waals surface area contributed by atoms with E-state index in [4.69, 9.17) is 0 Å². The predicted molar refractivity (Wildman–Crippen MR) is 89.8 cm³/mol. The first-order valence-corrected chi connectivity index (χ1v) is 10.1. The number of thioether (sulfide) groups is 1. The van der Waals surface area contributed by atoms with Crippen LogP contribution in [0, 0.1) is 11.8 Å². The lowest BCUT2D eigenvalue weighted by Crippen LogP contribution is -2.47. The third-order valence-corrected chi connectivity index (χ3v) is 6.45. The van der Waals surface area contributed by atoms with Crippen LogP contribution in [-0.4, -0.2) is 47.4 Å². The number of nitrogens with zero attached hydrogens (tertiary/aromatic N) is 1. The molecule has 3 fully saturated rings. The fraction of sp³-hybridized carbons (Fsp3) is 0.882. The zero-order valence-corrected chi connectivity index (χ0v) is 14.2. The summed E-state index contributed by atoms with van der Waals surface area (Å²) in [7, 11) is 0. The summed E-state index contributed by atoms with van der Waals surface area (Å²) >= 11 is 1.97. The highest BCUT2D eigenvalue weighted by Crippen LogP contribution is 2.33. The molecule has 1 aliphatic carbocycles. The lowest BCUT2D eigenvalue weighted by atomic mass is 9.77. The number of rotatable bonds is 3. The van der Waals surface area contributed by atoms with Crippen molar-refractivity contribution in [3.8, 4) is 0 Å². The van der Waals surface area contributed by atoms with Crippen LogP contribution in [0.15, 0.2) is 0 Å². The molecule has 0 aromatic heterocycles. The summed E-state index contributed by atoms with van der Waals surface area (Å²) in [5.41, 5.74) is 0. The molecule has 4 nitrogen and oxygen atoms in total. The molecule has 1 N–H and O–H groups in total. The lowest BCUT2D eigenvalue weighted by Gasteiger charge is -2.34. The van der Waals surface area contributed by atoms with E-state index in [-0.39, 0.29) is 23.7 Å². The second-order valence-electron chi connectivity index (χ2n) is 6.93. The van der Waals surface area contributed by atoms with Gasteiger partial charge in [-0.25, -0.2) is 0 Å². The molecule has 3 rings (SSSR count). The van der Waals surface area contributed by atoms with Crippen LogP contribution in [0.4, 0.5) is 0 Å². The minimum absolute atomic E-state index is 0.0650. The van der Waals surface area contributed by atoms with Crippen molar-refractivity contribution in [1.82, 2.24) is 10.2 Å². The van der Waals surface area contributed by atoms with Gasteiger partial charge in [0, 0.05) is 31.0 Å². The normalized spacial score (nSPS) is 30.3. The molecule has 5 heteroatoms. The fourth-order valence-electron chi connectivity index (χ4n) is 4.06. The highest BCUT2D eigenvalue weighted by Gasteiger charge is 2.38. The van der Waals surface area contributed by atoms with Crippen LogP contribution >= 0.6 is 11.8 Å². The molecule has 3 aliphatic rings. The fourth-order valence-corrected chi connectivity index (χ4v) is 5.17. The molecule has 2 atom stereocenters. The van der Waals surface area contributed by atoms with Gasteiger partial charge >= 0.3 is 0 Å². The standard InChI is InChI=1S/C17H28N2O2S/c20-16(18-13-7-11-22-12-8-13)14-5-1-2-6-15(14)17(21)19-9-3-4-10-19/h13-15H,1-12H2,(H,18,20)/t14-,15+/m1/s1. The largest absolute Gasteiger partial charge is 0.353 e. The maximum atomic E-state index is 12.8. The number of carbonyl (C=O) groups is 2. The lowest BCUT2D eigenvalue weighted by molar-refractivity contribution is -0.143. The molecule has 1 saturated carbocycles. The van der Waals surface area contributed by atoms with E-state index in [0.29, 0.717) is 6.04 Å². The summed E-state index contributed by atoms with van der Waals surface area (Å²) in [5, 5.41) is 3.24. The van der Waals surface area contributed by atoms with Crippen LogP contribution in [0.25, 0.3) is 0 Å². The van der Waals surface area contributed by atoms with Gasteiger partial charge in [-0.15, -0.1) is 0 Å². The van der Waals surface area contributed by atoms with Gasteiger partial charge in [0.2, 0.25) is 11.8 Å². The van der Waals surface area contributed by atoms with Gasteiger partial charge in [0.1, 0.15) is 0 Å². The Hall–Kier alpha value is -0.710. The molecule has 0 unspecified atom stereocenters. The van der Waals surface area contributed by atoms with Crippen LogP contribution in [-0.2, 0) is 9.59 Å². The van der Waals surface area contributed by atoms with Crippen LogP contribution < -0.4 is 5.32 Å². The third-order valence-electron chi connectivity index (χ3n) is 5.41. The van der Waals surface area contributed by atoms with E-state index in [1.165, 1.54) is 0 Å². The molecule has 2 heterocycles. The zero-order chi connectivity index (χ0) is 15.4. The maximum absolute atomic E-state index is 12.8. The van der Waals surface area contributed by atoms with Crippen molar-refractivity contribution in [2.75, 3.05) is 24.6 Å². The van der Waals surface area contributed by atoms with Crippen molar-refractivity contribution in [2.24, 2.45) is 11.8 Å². The van der Waals surface area contributed by atoms with Crippen molar-refractivity contribution in [3.63, 3.8) is 0 Å². The van der Waals surface area contributed by atoms with E-state index >= 15 is 0 Å². The van der Waals surface area contributed by atoms with E-state index in [2.05, 4.69) is 5.32 Å². The van der Waals surface area contributed by atoms with E-state index in [9.17, 15) is 9.59 Å². The first-order valence-electron chi connectivity index (χ1n) is 8.92. The molecule has 2 saturated heterocycles. The molecule has 22 heavy (non-hydrogen) atoms. The number of hydrogen-bond donors (Lipinski definition) is 1. The van der Waals surface area contributed by atoms with Crippen molar-refractivity contribution < 1.29 is 9.59 Å². The first kappa shape index (κ1) is 16.2. The number of carbonyl (C=O) groups excluding carboxylic acids is 2. The minimum Gasteiger partial charge on any atom is -0.353 e. The van der Waals surface area contributed by atoms with Gasteiger partial charge in [-0.3, -0.25) is 9.59 Å². The van der Waals surface area contributed by atoms with Crippen molar-refractivity contribution >= 4 is 23.6 Å². The average molecular weight is 324 g/mol. The van der Waals surface area contributed by atoms with Gasteiger partial charge in [-0.05, 0) is 50.0 Å². The molecule has 0 aromatic carbocycles. The van der Waals surface area contributed by atoms with Gasteiger partial charge in [-0.2, -0.15) is 11.8 Å². The molecule has 0 radical (unpaired) electrons. The molecular weight excluding hydrogens is 296 g/mol. The van der Waals surface area contributed by atoms with E-state index in [1.54, 1.807) is 0 Å². The number of likely N-dealkylation sites (tertiary alicyclic amines) is 1. The number of nitrogens with one attached hydrogen (secondary N) is 1. The predicted octanol–water partition coefficient (Wildman–Crippen LogP) is 2.43. The summed E-state index contributed by atoms with van der Waals surface area (Å²) in [4.78, 5) is 27.5. The highest BCUT2D eigenvalue weighted by atomic mass is 32.2. The van der Waals surface area contributed by atoms with Gasteiger partial charge in [0.15, 0.2) is 0 Å². The SMILES string of the molecule is O=C(NC1CCSCC1)[C@@H]1CCCC[C@@H]1C(=O)N1CCCC1. The molecule has 0 spiro atoms. The van der Waals surface area contributed by atoms with E-state index in [0.717, 1.165) is 76.0 Å². The van der Waals surface area contributed by atoms with Crippen molar-refractivity contribution in [1.29, 1.82) is 0 Å². The summed E-state index contributed by atoms with van der Waals surface area (Å²) < 4.78 is 0. The second-order valence-corrected chi connectivity index (χ2v) is 8.15. The van der Waals surface area contributed by atoms with Gasteiger partial charge in [0.25, 0.3) is 0 Å². The maximum Gasteiger partial charge on any atom is 0.226 e. The Morgan fingerprint density at radius 2 is 1.50 bits per heavy atom. The van der Waals surface area contributed by atoms with Crippen LogP contribution in [0.1, 0.15) is 51.4 Å². The van der Waals surface area contributed by atoms with E-state index in [1.807, 2.05) is 16.7 Å². The Balaban J connectivity index is 1.60. The monoisotopic (exact) mass is 324 g/mol. The van der Waals surface area contributed by atoms with Gasteiger partial charge in [-0.1, -0.05) is 12.8 Å². The number of hydrogen-bond acceptors (Lipinski definition) is 3. The smallest absolute Gasteiger partial charge is 0.226 e. The molecule has 2 aliphatic heterocycles. The molecule has 124 valence electrons. The topological polar surface area (TPSA) is 49.4 Å². The van der Waals surface area contributed by atoms with Gasteiger partial charge < -0.3 is 10.2 Å². The Kier molecular flexibility index (Phi) is 5.66. The van der Waals surface area contributed by atoms with Crippen molar-refractivity contribution in [3.05, 3.63) is 0 Å². The van der Waals surface area contributed by atoms with Gasteiger partial charge in [0.05, 0.1) is 0 Å². The Morgan fingerprint density at radius 1 is 0.864 bits per heavy atom.